The smallest absolute Gasteiger partial charge is 0.178 e. The third-order valence-electron chi connectivity index (χ3n) is 2.92. The van der Waals surface area contributed by atoms with Gasteiger partial charge in [0.05, 0.1) is 0 Å². The zero-order chi connectivity index (χ0) is 12.1. The van der Waals surface area contributed by atoms with Crippen molar-refractivity contribution in [2.24, 2.45) is 0 Å². The summed E-state index contributed by atoms with van der Waals surface area (Å²) in [5, 5.41) is 13.1. The number of nitrogens with zero attached hydrogens (tertiary/aromatic N) is 1. The Hall–Kier alpha value is -1.10. The van der Waals surface area contributed by atoms with Gasteiger partial charge in [0.15, 0.2) is 6.23 Å². The highest BCUT2D eigenvalue weighted by atomic mass is 16.5. The second-order valence-electron chi connectivity index (χ2n) is 4.35. The Balaban J connectivity index is 2.01. The summed E-state index contributed by atoms with van der Waals surface area (Å²) in [6, 6.07) is 9.66. The minimum atomic E-state index is -0.506. The van der Waals surface area contributed by atoms with Crippen LogP contribution < -0.4 is 10.1 Å². The highest BCUT2D eigenvalue weighted by molar-refractivity contribution is 5.21. The first-order chi connectivity index (χ1) is 8.27. The van der Waals surface area contributed by atoms with Crippen molar-refractivity contribution in [1.82, 2.24) is 10.2 Å². The van der Waals surface area contributed by atoms with E-state index in [0.717, 1.165) is 31.9 Å². The van der Waals surface area contributed by atoms with Crippen molar-refractivity contribution in [2.45, 2.75) is 19.3 Å². The van der Waals surface area contributed by atoms with Crippen molar-refractivity contribution in [3.8, 4) is 5.75 Å². The van der Waals surface area contributed by atoms with Gasteiger partial charge in [0.2, 0.25) is 0 Å². The number of para-hydroxylation sites is 1. The molecule has 0 aliphatic carbocycles. The monoisotopic (exact) mass is 236 g/mol. The van der Waals surface area contributed by atoms with Crippen molar-refractivity contribution in [1.29, 1.82) is 0 Å². The Kier molecular flexibility index (Phi) is 4.36. The summed E-state index contributed by atoms with van der Waals surface area (Å²) in [6.45, 7) is 5.48. The summed E-state index contributed by atoms with van der Waals surface area (Å²) < 4.78 is 5.86. The average molecular weight is 236 g/mol. The van der Waals surface area contributed by atoms with E-state index in [1.54, 1.807) is 6.92 Å². The van der Waals surface area contributed by atoms with E-state index in [-0.39, 0.29) is 6.23 Å². The summed E-state index contributed by atoms with van der Waals surface area (Å²) in [4.78, 5) is 2.17. The van der Waals surface area contributed by atoms with Gasteiger partial charge < -0.3 is 15.2 Å². The first kappa shape index (κ1) is 12.4. The molecule has 0 radical (unpaired) electrons. The molecule has 94 valence electrons. The Labute approximate surface area is 102 Å². The lowest BCUT2D eigenvalue weighted by Gasteiger charge is -2.36. The Bertz CT molecular complexity index is 323. The highest BCUT2D eigenvalue weighted by Crippen LogP contribution is 2.15. The van der Waals surface area contributed by atoms with Crippen LogP contribution in [0.1, 0.15) is 6.92 Å². The standard InChI is InChI=1S/C13H20N2O2/c1-11(16)13(15-9-7-14-8-10-15)17-12-5-3-2-4-6-12/h2-6,11,13-14,16H,7-10H2,1H3. The fourth-order valence-corrected chi connectivity index (χ4v) is 2.05. The molecule has 1 aliphatic rings. The summed E-state index contributed by atoms with van der Waals surface area (Å²) in [6.07, 6.45) is -0.771. The summed E-state index contributed by atoms with van der Waals surface area (Å²) in [7, 11) is 0. The highest BCUT2D eigenvalue weighted by Gasteiger charge is 2.26. The molecule has 0 spiro atoms. The van der Waals surface area contributed by atoms with Crippen LogP contribution in [0.5, 0.6) is 5.75 Å². The van der Waals surface area contributed by atoms with Crippen LogP contribution in [0, 0.1) is 0 Å². The number of hydrogen-bond acceptors (Lipinski definition) is 4. The predicted octanol–water partition coefficient (Wildman–Crippen LogP) is 0.677. The summed E-state index contributed by atoms with van der Waals surface area (Å²) >= 11 is 0. The van der Waals surface area contributed by atoms with Crippen LogP contribution in [-0.4, -0.2) is 48.5 Å². The number of aliphatic hydroxyl groups is 1. The first-order valence-corrected chi connectivity index (χ1v) is 6.12. The fourth-order valence-electron chi connectivity index (χ4n) is 2.05. The van der Waals surface area contributed by atoms with Crippen molar-refractivity contribution in [2.75, 3.05) is 26.2 Å². The number of nitrogens with one attached hydrogen (secondary N) is 1. The number of benzene rings is 1. The molecule has 2 N–H and O–H groups in total. The topological polar surface area (TPSA) is 44.7 Å². The van der Waals surface area contributed by atoms with Crippen LogP contribution in [0.15, 0.2) is 30.3 Å². The lowest BCUT2D eigenvalue weighted by molar-refractivity contribution is -0.0624. The number of aliphatic hydroxyl groups excluding tert-OH is 1. The molecule has 1 heterocycles. The molecule has 2 unspecified atom stereocenters. The van der Waals surface area contributed by atoms with Gasteiger partial charge in [-0.3, -0.25) is 4.90 Å². The Morgan fingerprint density at radius 2 is 1.88 bits per heavy atom. The van der Waals surface area contributed by atoms with E-state index < -0.39 is 6.10 Å². The van der Waals surface area contributed by atoms with E-state index in [1.807, 2.05) is 30.3 Å². The van der Waals surface area contributed by atoms with Gasteiger partial charge in [0, 0.05) is 26.2 Å². The van der Waals surface area contributed by atoms with Crippen LogP contribution >= 0.6 is 0 Å². The van der Waals surface area contributed by atoms with Gasteiger partial charge in [0.1, 0.15) is 11.9 Å². The third kappa shape index (κ3) is 3.43. The Morgan fingerprint density at radius 3 is 2.47 bits per heavy atom. The molecule has 17 heavy (non-hydrogen) atoms. The number of piperazine rings is 1. The normalized spacial score (nSPS) is 20.8. The first-order valence-electron chi connectivity index (χ1n) is 6.12. The molecule has 1 fully saturated rings. The van der Waals surface area contributed by atoms with Gasteiger partial charge in [-0.25, -0.2) is 0 Å². The molecule has 2 atom stereocenters. The number of ether oxygens (including phenoxy) is 1. The van der Waals surface area contributed by atoms with Gasteiger partial charge in [-0.2, -0.15) is 0 Å². The maximum Gasteiger partial charge on any atom is 0.178 e. The largest absolute Gasteiger partial charge is 0.472 e. The third-order valence-corrected chi connectivity index (χ3v) is 2.92. The van der Waals surface area contributed by atoms with Crippen molar-refractivity contribution in [3.05, 3.63) is 30.3 Å². The van der Waals surface area contributed by atoms with E-state index in [1.165, 1.54) is 0 Å². The molecule has 0 amide bonds. The van der Waals surface area contributed by atoms with E-state index in [9.17, 15) is 5.11 Å². The van der Waals surface area contributed by atoms with Crippen molar-refractivity contribution >= 4 is 0 Å². The molecule has 2 rings (SSSR count). The molecule has 0 saturated carbocycles. The molecule has 4 nitrogen and oxygen atoms in total. The second-order valence-corrected chi connectivity index (χ2v) is 4.35. The SMILES string of the molecule is CC(O)C(Oc1ccccc1)N1CCNCC1. The number of rotatable bonds is 4. The van der Waals surface area contributed by atoms with Gasteiger partial charge in [-0.15, -0.1) is 0 Å². The van der Waals surface area contributed by atoms with Crippen LogP contribution in [0.25, 0.3) is 0 Å². The second kappa shape index (κ2) is 6.00. The number of hydrogen-bond donors (Lipinski definition) is 2. The maximum absolute atomic E-state index is 9.84. The molecule has 1 aromatic carbocycles. The molecule has 0 aromatic heterocycles. The van der Waals surface area contributed by atoms with Gasteiger partial charge >= 0.3 is 0 Å². The molecule has 4 heteroatoms. The van der Waals surface area contributed by atoms with Gasteiger partial charge in [-0.1, -0.05) is 18.2 Å². The molecule has 0 bridgehead atoms. The van der Waals surface area contributed by atoms with E-state index in [0.29, 0.717) is 0 Å². The van der Waals surface area contributed by atoms with Gasteiger partial charge in [-0.05, 0) is 19.1 Å². The minimum Gasteiger partial charge on any atom is -0.472 e. The van der Waals surface area contributed by atoms with Crippen LogP contribution in [-0.2, 0) is 0 Å². The quantitative estimate of drug-likeness (QED) is 0.807. The zero-order valence-corrected chi connectivity index (χ0v) is 10.2. The van der Waals surface area contributed by atoms with Crippen molar-refractivity contribution in [3.63, 3.8) is 0 Å². The predicted molar refractivity (Wildman–Crippen MR) is 67.0 cm³/mol. The van der Waals surface area contributed by atoms with E-state index in [4.69, 9.17) is 4.74 Å². The molecule has 1 saturated heterocycles. The minimum absolute atomic E-state index is 0.264. The molecule has 1 aromatic rings. The van der Waals surface area contributed by atoms with Gasteiger partial charge in [0.25, 0.3) is 0 Å². The molecule has 1 aliphatic heterocycles. The van der Waals surface area contributed by atoms with Crippen LogP contribution in [0.2, 0.25) is 0 Å². The lowest BCUT2D eigenvalue weighted by atomic mass is 10.2. The summed E-state index contributed by atoms with van der Waals surface area (Å²) in [5.41, 5.74) is 0. The van der Waals surface area contributed by atoms with Crippen LogP contribution in [0.3, 0.4) is 0 Å². The fraction of sp³-hybridized carbons (Fsp3) is 0.538. The molecular weight excluding hydrogens is 216 g/mol. The lowest BCUT2D eigenvalue weighted by Crippen LogP contribution is -2.54. The van der Waals surface area contributed by atoms with Crippen LogP contribution in [0.4, 0.5) is 0 Å². The van der Waals surface area contributed by atoms with E-state index >= 15 is 0 Å². The Morgan fingerprint density at radius 1 is 1.24 bits per heavy atom. The van der Waals surface area contributed by atoms with E-state index in [2.05, 4.69) is 10.2 Å². The average Bonchev–Trinajstić information content (AvgIpc) is 2.38. The summed E-state index contributed by atoms with van der Waals surface area (Å²) in [5.74, 6) is 0.803. The maximum atomic E-state index is 9.84. The zero-order valence-electron chi connectivity index (χ0n) is 10.2. The molecular formula is C13H20N2O2. The van der Waals surface area contributed by atoms with Crippen molar-refractivity contribution < 1.29 is 9.84 Å².